The average molecular weight is 707 g/mol. The molecule has 0 unspecified atom stereocenters. The zero-order chi connectivity index (χ0) is 34.3. The number of amides is 2. The van der Waals surface area contributed by atoms with Crippen molar-refractivity contribution >= 4 is 56.2 Å². The number of ether oxygens (including phenoxy) is 2. The number of benzene rings is 3. The number of carbonyl (C=O) groups is 2. The molecule has 1 spiro atoms. The maximum atomic E-state index is 16.0. The van der Waals surface area contributed by atoms with E-state index in [2.05, 4.69) is 16.0 Å². The number of rotatable bonds is 10. The highest BCUT2D eigenvalue weighted by molar-refractivity contribution is 7.90. The highest BCUT2D eigenvalue weighted by Gasteiger charge is 2.66. The van der Waals surface area contributed by atoms with E-state index in [0.717, 1.165) is 0 Å². The van der Waals surface area contributed by atoms with Crippen LogP contribution in [0.5, 0.6) is 11.5 Å². The van der Waals surface area contributed by atoms with Crippen molar-refractivity contribution in [2.24, 2.45) is 5.41 Å². The molecule has 47 heavy (non-hydrogen) atoms. The first-order valence-corrected chi connectivity index (χ1v) is 18.0. The lowest BCUT2D eigenvalue weighted by molar-refractivity contribution is -0.122. The molecular weight excluding hydrogens is 668 g/mol. The lowest BCUT2D eigenvalue weighted by atomic mass is 9.62. The smallest absolute Gasteiger partial charge is 0.242 e. The standard InChI is InChI=1S/C34H38Cl2FN3O6S/c1-33(2,3)18-27-34(22-12-10-19(35)16-25(22)39-32(34)42)28(21-8-6-9-23(36)29(21)37)30(40-27)31(41)38-24-13-11-20(17-26(24)45-4)46-14-7-15-47(5,43)44/h6,8-13,16-17,27-28,30,40H,7,14-15,18H2,1-5H3,(H,38,41)(H,39,42)/t27-,28-,30+,34+/m0/s1. The SMILES string of the molecule is COc1cc(OCCCS(C)(=O)=O)ccc1NC(=O)[C@@H]1N[C@@H](CC(C)(C)C)[C@@]2(C(=O)Nc3cc(Cl)ccc32)[C@H]1c1cccc(Cl)c1F. The van der Waals surface area contributed by atoms with Gasteiger partial charge >= 0.3 is 0 Å². The summed E-state index contributed by atoms with van der Waals surface area (Å²) in [5.41, 5.74) is -0.111. The fourth-order valence-electron chi connectivity index (χ4n) is 6.74. The molecule has 3 aromatic rings. The molecule has 13 heteroatoms. The average Bonchev–Trinajstić information content (AvgIpc) is 3.45. The lowest BCUT2D eigenvalue weighted by Crippen LogP contribution is -2.49. The Kier molecular flexibility index (Phi) is 9.86. The van der Waals surface area contributed by atoms with Crippen LogP contribution in [0.1, 0.15) is 50.7 Å². The molecule has 3 N–H and O–H groups in total. The zero-order valence-electron chi connectivity index (χ0n) is 26.7. The second-order valence-electron chi connectivity index (χ2n) is 13.3. The van der Waals surface area contributed by atoms with Gasteiger partial charge in [-0.05, 0) is 59.7 Å². The first-order valence-electron chi connectivity index (χ1n) is 15.2. The highest BCUT2D eigenvalue weighted by atomic mass is 35.5. The van der Waals surface area contributed by atoms with Gasteiger partial charge in [-0.25, -0.2) is 12.8 Å². The van der Waals surface area contributed by atoms with E-state index in [0.29, 0.717) is 46.3 Å². The predicted molar refractivity (Wildman–Crippen MR) is 182 cm³/mol. The molecule has 2 heterocycles. The normalized spacial score (nSPS) is 22.2. The van der Waals surface area contributed by atoms with E-state index in [4.69, 9.17) is 32.7 Å². The number of fused-ring (bicyclic) bond motifs is 2. The molecule has 5 rings (SSSR count). The van der Waals surface area contributed by atoms with Gasteiger partial charge in [-0.1, -0.05) is 62.2 Å². The number of methoxy groups -OCH3 is 1. The molecule has 2 amide bonds. The van der Waals surface area contributed by atoms with Crippen LogP contribution in [0.25, 0.3) is 0 Å². The third-order valence-corrected chi connectivity index (χ3v) is 10.1. The van der Waals surface area contributed by atoms with Gasteiger partial charge in [-0.3, -0.25) is 9.59 Å². The molecule has 1 saturated heterocycles. The van der Waals surface area contributed by atoms with Gasteiger partial charge in [0.15, 0.2) is 0 Å². The minimum Gasteiger partial charge on any atom is -0.494 e. The van der Waals surface area contributed by atoms with E-state index in [9.17, 15) is 18.0 Å². The van der Waals surface area contributed by atoms with Crippen LogP contribution in [0.4, 0.5) is 15.8 Å². The van der Waals surface area contributed by atoms with Crippen molar-refractivity contribution < 1.29 is 31.9 Å². The van der Waals surface area contributed by atoms with Crippen LogP contribution in [-0.4, -0.2) is 58.0 Å². The maximum absolute atomic E-state index is 16.0. The molecule has 4 atom stereocenters. The van der Waals surface area contributed by atoms with Gasteiger partial charge in [-0.15, -0.1) is 0 Å². The number of hydrogen-bond acceptors (Lipinski definition) is 7. The van der Waals surface area contributed by atoms with Crippen LogP contribution in [0, 0.1) is 11.2 Å². The van der Waals surface area contributed by atoms with Crippen LogP contribution >= 0.6 is 23.2 Å². The first-order chi connectivity index (χ1) is 22.0. The Labute approximate surface area is 284 Å². The zero-order valence-corrected chi connectivity index (χ0v) is 29.1. The number of carbonyl (C=O) groups excluding carboxylic acids is 2. The van der Waals surface area contributed by atoms with E-state index >= 15 is 4.39 Å². The summed E-state index contributed by atoms with van der Waals surface area (Å²) in [5.74, 6) is -1.89. The minimum absolute atomic E-state index is 0.00567. The summed E-state index contributed by atoms with van der Waals surface area (Å²) in [7, 11) is -1.67. The number of halogens is 3. The van der Waals surface area contributed by atoms with Crippen molar-refractivity contribution in [2.75, 3.05) is 36.4 Å². The van der Waals surface area contributed by atoms with E-state index < -0.39 is 45.0 Å². The Morgan fingerprint density at radius 2 is 1.85 bits per heavy atom. The maximum Gasteiger partial charge on any atom is 0.242 e. The Bertz CT molecular complexity index is 1820. The Balaban J connectivity index is 1.56. The lowest BCUT2D eigenvalue weighted by Gasteiger charge is -2.37. The molecule has 252 valence electrons. The number of nitrogens with one attached hydrogen (secondary N) is 3. The summed E-state index contributed by atoms with van der Waals surface area (Å²) < 4.78 is 50.1. The molecular formula is C34H38Cl2FN3O6S. The molecule has 2 aliphatic rings. The second kappa shape index (κ2) is 13.3. The fourth-order valence-corrected chi connectivity index (χ4v) is 7.73. The molecule has 0 bridgehead atoms. The third kappa shape index (κ3) is 7.09. The molecule has 9 nitrogen and oxygen atoms in total. The van der Waals surface area contributed by atoms with Crippen LogP contribution in [-0.2, 0) is 24.8 Å². The molecule has 0 aromatic heterocycles. The van der Waals surface area contributed by atoms with E-state index in [1.165, 1.54) is 19.4 Å². The van der Waals surface area contributed by atoms with Crippen molar-refractivity contribution in [3.63, 3.8) is 0 Å². The van der Waals surface area contributed by atoms with Gasteiger partial charge < -0.3 is 25.4 Å². The van der Waals surface area contributed by atoms with Crippen LogP contribution < -0.4 is 25.4 Å². The second-order valence-corrected chi connectivity index (χ2v) is 16.4. The number of sulfone groups is 1. The van der Waals surface area contributed by atoms with Crippen molar-refractivity contribution in [3.05, 3.63) is 81.6 Å². The van der Waals surface area contributed by atoms with Crippen molar-refractivity contribution in [2.45, 2.75) is 57.0 Å². The van der Waals surface area contributed by atoms with Gasteiger partial charge in [0.05, 0.1) is 36.2 Å². The summed E-state index contributed by atoms with van der Waals surface area (Å²) in [6.07, 6.45) is 1.95. The number of anilines is 2. The summed E-state index contributed by atoms with van der Waals surface area (Å²) in [6.45, 7) is 6.29. The Morgan fingerprint density at radius 1 is 1.11 bits per heavy atom. The van der Waals surface area contributed by atoms with Crippen molar-refractivity contribution in [1.29, 1.82) is 0 Å². The van der Waals surface area contributed by atoms with Crippen molar-refractivity contribution in [1.82, 2.24) is 5.32 Å². The molecule has 0 aliphatic carbocycles. The van der Waals surface area contributed by atoms with E-state index in [1.807, 2.05) is 20.8 Å². The summed E-state index contributed by atoms with van der Waals surface area (Å²) in [5, 5.41) is 9.63. The molecule has 0 saturated carbocycles. The monoisotopic (exact) mass is 705 g/mol. The van der Waals surface area contributed by atoms with E-state index in [1.54, 1.807) is 48.5 Å². The summed E-state index contributed by atoms with van der Waals surface area (Å²) in [4.78, 5) is 28.7. The van der Waals surface area contributed by atoms with Crippen LogP contribution in [0.3, 0.4) is 0 Å². The third-order valence-electron chi connectivity index (χ3n) is 8.58. The molecule has 2 aliphatic heterocycles. The van der Waals surface area contributed by atoms with Gasteiger partial charge in [0, 0.05) is 35.0 Å². The first kappa shape index (κ1) is 34.9. The largest absolute Gasteiger partial charge is 0.494 e. The van der Waals surface area contributed by atoms with Gasteiger partial charge in [0.25, 0.3) is 0 Å². The molecule has 1 fully saturated rings. The predicted octanol–water partition coefficient (Wildman–Crippen LogP) is 6.34. The van der Waals surface area contributed by atoms with Gasteiger partial charge in [0.2, 0.25) is 11.8 Å². The van der Waals surface area contributed by atoms with Crippen LogP contribution in [0.15, 0.2) is 54.6 Å². The molecule has 3 aromatic carbocycles. The van der Waals surface area contributed by atoms with Gasteiger partial charge in [-0.2, -0.15) is 0 Å². The summed E-state index contributed by atoms with van der Waals surface area (Å²) in [6, 6.07) is 12.8. The minimum atomic E-state index is -3.11. The van der Waals surface area contributed by atoms with Crippen molar-refractivity contribution in [3.8, 4) is 11.5 Å². The Morgan fingerprint density at radius 3 is 2.53 bits per heavy atom. The highest BCUT2D eigenvalue weighted by Crippen LogP contribution is 2.57. The van der Waals surface area contributed by atoms with Gasteiger partial charge in [0.1, 0.15) is 32.6 Å². The quantitative estimate of drug-likeness (QED) is 0.210. The topological polar surface area (TPSA) is 123 Å². The fraction of sp³-hybridized carbons (Fsp3) is 0.412. The van der Waals surface area contributed by atoms with Crippen LogP contribution in [0.2, 0.25) is 10.0 Å². The summed E-state index contributed by atoms with van der Waals surface area (Å²) >= 11 is 12.6. The Hall–Kier alpha value is -3.38. The number of hydrogen-bond donors (Lipinski definition) is 3. The molecule has 0 radical (unpaired) electrons. The van der Waals surface area contributed by atoms with E-state index in [-0.39, 0.29) is 34.3 Å².